The zero-order valence-corrected chi connectivity index (χ0v) is 13.1. The van der Waals surface area contributed by atoms with Crippen molar-refractivity contribution in [2.75, 3.05) is 26.1 Å². The van der Waals surface area contributed by atoms with Gasteiger partial charge >= 0.3 is 0 Å². The van der Waals surface area contributed by atoms with Crippen molar-refractivity contribution in [2.24, 2.45) is 0 Å². The van der Waals surface area contributed by atoms with E-state index < -0.39 is 0 Å². The summed E-state index contributed by atoms with van der Waals surface area (Å²) in [7, 11) is 3.38. The summed E-state index contributed by atoms with van der Waals surface area (Å²) in [6.45, 7) is 1.37. The van der Waals surface area contributed by atoms with Gasteiger partial charge in [-0.25, -0.2) is 0 Å². The summed E-state index contributed by atoms with van der Waals surface area (Å²) in [6, 6.07) is 13.9. The van der Waals surface area contributed by atoms with Crippen molar-refractivity contribution in [3.63, 3.8) is 0 Å². The number of nitrogens with one attached hydrogen (secondary N) is 1. The van der Waals surface area contributed by atoms with Crippen LogP contribution in [0.15, 0.2) is 42.5 Å². The van der Waals surface area contributed by atoms with E-state index in [0.717, 1.165) is 23.4 Å². The van der Waals surface area contributed by atoms with Gasteiger partial charge in [-0.15, -0.1) is 0 Å². The second kappa shape index (κ2) is 7.91. The van der Waals surface area contributed by atoms with Crippen molar-refractivity contribution in [2.45, 2.75) is 13.0 Å². The van der Waals surface area contributed by atoms with Gasteiger partial charge in [-0.3, -0.25) is 0 Å². The number of hydrogen-bond acceptors (Lipinski definition) is 3. The lowest BCUT2D eigenvalue weighted by Gasteiger charge is -2.14. The van der Waals surface area contributed by atoms with Gasteiger partial charge in [0, 0.05) is 29.9 Å². The lowest BCUT2D eigenvalue weighted by atomic mass is 10.1. The number of ether oxygens (including phenoxy) is 2. The monoisotopic (exact) mass is 305 g/mol. The van der Waals surface area contributed by atoms with E-state index in [1.807, 2.05) is 30.3 Å². The molecule has 0 aromatic heterocycles. The van der Waals surface area contributed by atoms with Gasteiger partial charge in [-0.1, -0.05) is 29.8 Å². The quantitative estimate of drug-likeness (QED) is 0.833. The maximum absolute atomic E-state index is 6.06. The molecule has 0 atom stereocenters. The van der Waals surface area contributed by atoms with Gasteiger partial charge < -0.3 is 14.8 Å². The van der Waals surface area contributed by atoms with Gasteiger partial charge in [-0.05, 0) is 36.2 Å². The predicted octanol–water partition coefficient (Wildman–Crippen LogP) is 4.15. The number of hydrogen-bond donors (Lipinski definition) is 1. The van der Waals surface area contributed by atoms with E-state index >= 15 is 0 Å². The van der Waals surface area contributed by atoms with Crippen LogP contribution in [0.1, 0.15) is 11.1 Å². The highest BCUT2D eigenvalue weighted by Gasteiger charge is 2.06. The zero-order chi connectivity index (χ0) is 15.1. The van der Waals surface area contributed by atoms with Crippen LogP contribution in [0.2, 0.25) is 5.02 Å². The van der Waals surface area contributed by atoms with Gasteiger partial charge in [-0.2, -0.15) is 0 Å². The highest BCUT2D eigenvalue weighted by atomic mass is 35.5. The van der Waals surface area contributed by atoms with E-state index in [2.05, 4.69) is 17.4 Å². The van der Waals surface area contributed by atoms with Gasteiger partial charge in [0.2, 0.25) is 0 Å². The summed E-state index contributed by atoms with van der Waals surface area (Å²) < 4.78 is 10.5. The Labute approximate surface area is 130 Å². The maximum atomic E-state index is 6.06. The fourth-order valence-electron chi connectivity index (χ4n) is 2.20. The van der Waals surface area contributed by atoms with Crippen molar-refractivity contribution in [1.29, 1.82) is 0 Å². The summed E-state index contributed by atoms with van der Waals surface area (Å²) in [5.74, 6) is 0.835. The number of anilines is 1. The van der Waals surface area contributed by atoms with E-state index in [-0.39, 0.29) is 0 Å². The third kappa shape index (κ3) is 4.38. The summed E-state index contributed by atoms with van der Waals surface area (Å²) >= 11 is 6.06. The second-order valence-corrected chi connectivity index (χ2v) is 5.15. The average molecular weight is 306 g/mol. The van der Waals surface area contributed by atoms with E-state index in [9.17, 15) is 0 Å². The predicted molar refractivity (Wildman–Crippen MR) is 87.4 cm³/mol. The van der Waals surface area contributed by atoms with Crippen LogP contribution in [-0.4, -0.2) is 20.8 Å². The van der Waals surface area contributed by atoms with Crippen molar-refractivity contribution < 1.29 is 9.47 Å². The molecule has 112 valence electrons. The Morgan fingerprint density at radius 3 is 2.62 bits per heavy atom. The fourth-order valence-corrected chi connectivity index (χ4v) is 2.39. The lowest BCUT2D eigenvalue weighted by Crippen LogP contribution is -2.05. The summed E-state index contributed by atoms with van der Waals surface area (Å²) in [6.07, 6.45) is 0.881. The topological polar surface area (TPSA) is 30.5 Å². The largest absolute Gasteiger partial charge is 0.496 e. The summed E-state index contributed by atoms with van der Waals surface area (Å²) in [5.41, 5.74) is 3.38. The number of benzene rings is 2. The van der Waals surface area contributed by atoms with Crippen LogP contribution < -0.4 is 10.1 Å². The van der Waals surface area contributed by atoms with Crippen LogP contribution in [0.5, 0.6) is 5.75 Å². The first-order valence-corrected chi connectivity index (χ1v) is 7.25. The van der Waals surface area contributed by atoms with Crippen LogP contribution in [0.4, 0.5) is 5.69 Å². The molecule has 2 aromatic rings. The first-order valence-electron chi connectivity index (χ1n) is 6.87. The van der Waals surface area contributed by atoms with Crippen molar-refractivity contribution >= 4 is 17.3 Å². The molecule has 0 radical (unpaired) electrons. The first kappa shape index (κ1) is 15.7. The van der Waals surface area contributed by atoms with Crippen molar-refractivity contribution in [1.82, 2.24) is 0 Å². The van der Waals surface area contributed by atoms with E-state index in [1.165, 1.54) is 5.56 Å². The minimum Gasteiger partial charge on any atom is -0.496 e. The zero-order valence-electron chi connectivity index (χ0n) is 12.4. The Kier molecular flexibility index (Phi) is 5.90. The molecule has 0 fully saturated rings. The van der Waals surface area contributed by atoms with Crippen LogP contribution in [0, 0.1) is 0 Å². The Morgan fingerprint density at radius 2 is 1.86 bits per heavy atom. The molecule has 0 aliphatic rings. The van der Waals surface area contributed by atoms with E-state index in [1.54, 1.807) is 14.2 Å². The molecule has 3 nitrogen and oxygen atoms in total. The molecule has 0 unspecified atom stereocenters. The highest BCUT2D eigenvalue weighted by molar-refractivity contribution is 6.30. The minimum atomic E-state index is 0.660. The highest BCUT2D eigenvalue weighted by Crippen LogP contribution is 2.24. The minimum absolute atomic E-state index is 0.660. The van der Waals surface area contributed by atoms with Crippen LogP contribution in [0.25, 0.3) is 0 Å². The van der Waals surface area contributed by atoms with E-state index in [4.69, 9.17) is 21.1 Å². The van der Waals surface area contributed by atoms with Crippen LogP contribution in [-0.2, 0) is 17.7 Å². The van der Waals surface area contributed by atoms with Crippen LogP contribution >= 0.6 is 11.6 Å². The first-order chi connectivity index (χ1) is 10.2. The molecule has 0 aliphatic heterocycles. The lowest BCUT2D eigenvalue weighted by molar-refractivity contribution is 0.202. The van der Waals surface area contributed by atoms with Gasteiger partial charge in [0.15, 0.2) is 0 Å². The van der Waals surface area contributed by atoms with E-state index in [0.29, 0.717) is 18.2 Å². The molecule has 21 heavy (non-hydrogen) atoms. The molecule has 2 rings (SSSR count). The third-order valence-electron chi connectivity index (χ3n) is 3.30. The van der Waals surface area contributed by atoms with Crippen LogP contribution in [0.3, 0.4) is 0 Å². The number of methoxy groups -OCH3 is 2. The second-order valence-electron chi connectivity index (χ2n) is 4.71. The molecule has 0 heterocycles. The molecule has 0 amide bonds. The molecule has 0 saturated carbocycles. The molecule has 0 saturated heterocycles. The Balaban J connectivity index is 2.11. The normalized spacial score (nSPS) is 10.4. The summed E-state index contributed by atoms with van der Waals surface area (Å²) in [5, 5.41) is 4.15. The van der Waals surface area contributed by atoms with Gasteiger partial charge in [0.25, 0.3) is 0 Å². The molecule has 0 aliphatic carbocycles. The standard InChI is InChI=1S/C17H20ClNO2/c1-20-10-9-13-5-3-4-6-16(13)19-12-14-11-15(18)7-8-17(14)21-2/h3-8,11,19H,9-10,12H2,1-2H3. The fraction of sp³-hybridized carbons (Fsp3) is 0.294. The molecule has 4 heteroatoms. The SMILES string of the molecule is COCCc1ccccc1NCc1cc(Cl)ccc1OC. The summed E-state index contributed by atoms with van der Waals surface area (Å²) in [4.78, 5) is 0. The number of halogens is 1. The molecule has 0 spiro atoms. The van der Waals surface area contributed by atoms with Gasteiger partial charge in [0.1, 0.15) is 5.75 Å². The molecule has 2 aromatic carbocycles. The molecule has 0 bridgehead atoms. The molecular weight excluding hydrogens is 286 g/mol. The van der Waals surface area contributed by atoms with Gasteiger partial charge in [0.05, 0.1) is 13.7 Å². The number of para-hydroxylation sites is 1. The molecular formula is C17H20ClNO2. The van der Waals surface area contributed by atoms with Crippen molar-refractivity contribution in [3.05, 3.63) is 58.6 Å². The molecule has 1 N–H and O–H groups in total. The smallest absolute Gasteiger partial charge is 0.123 e. The average Bonchev–Trinajstić information content (AvgIpc) is 2.52. The Morgan fingerprint density at radius 1 is 1.05 bits per heavy atom. The Bertz CT molecular complexity index is 587. The number of rotatable bonds is 7. The maximum Gasteiger partial charge on any atom is 0.123 e. The third-order valence-corrected chi connectivity index (χ3v) is 3.54. The van der Waals surface area contributed by atoms with Crippen molar-refractivity contribution in [3.8, 4) is 5.75 Å². The Hall–Kier alpha value is -1.71.